The Bertz CT molecular complexity index is 617. The predicted octanol–water partition coefficient (Wildman–Crippen LogP) is 2.32. The summed E-state index contributed by atoms with van der Waals surface area (Å²) in [5.74, 6) is -1.43. The van der Waals surface area contributed by atoms with Gasteiger partial charge in [-0.25, -0.2) is 9.18 Å². The highest BCUT2D eigenvalue weighted by Gasteiger charge is 2.12. The first-order chi connectivity index (χ1) is 8.59. The molecule has 1 aromatic carbocycles. The third-order valence-corrected chi connectivity index (χ3v) is 2.50. The van der Waals surface area contributed by atoms with Gasteiger partial charge in [0.15, 0.2) is 0 Å². The lowest BCUT2D eigenvalue weighted by Crippen LogP contribution is -1.96. The quantitative estimate of drug-likeness (QED) is 0.845. The number of aliphatic carboxylic acids is 1. The SMILES string of the molecule is Cn1ncc(/C=C/C(=O)O)c1-c1ccccc1F. The van der Waals surface area contributed by atoms with E-state index in [0.29, 0.717) is 16.8 Å². The van der Waals surface area contributed by atoms with E-state index in [1.807, 2.05) is 0 Å². The van der Waals surface area contributed by atoms with Crippen LogP contribution in [0.15, 0.2) is 36.5 Å². The molecule has 92 valence electrons. The molecule has 0 aliphatic rings. The number of carbonyl (C=O) groups is 1. The average molecular weight is 246 g/mol. The standard InChI is InChI=1S/C13H11FN2O2/c1-16-13(10-4-2-3-5-11(10)14)9(8-15-16)6-7-12(17)18/h2-8H,1H3,(H,17,18)/b7-6+. The predicted molar refractivity (Wildman–Crippen MR) is 65.3 cm³/mol. The number of halogens is 1. The van der Waals surface area contributed by atoms with Crippen molar-refractivity contribution in [3.8, 4) is 11.3 Å². The van der Waals surface area contributed by atoms with Crippen LogP contribution in [-0.4, -0.2) is 20.9 Å². The van der Waals surface area contributed by atoms with Crippen molar-refractivity contribution in [1.82, 2.24) is 9.78 Å². The van der Waals surface area contributed by atoms with Crippen molar-refractivity contribution in [1.29, 1.82) is 0 Å². The zero-order valence-electron chi connectivity index (χ0n) is 9.67. The maximum absolute atomic E-state index is 13.7. The third-order valence-electron chi connectivity index (χ3n) is 2.50. The van der Waals surface area contributed by atoms with Crippen LogP contribution >= 0.6 is 0 Å². The van der Waals surface area contributed by atoms with Crippen molar-refractivity contribution in [3.05, 3.63) is 47.9 Å². The van der Waals surface area contributed by atoms with Crippen LogP contribution in [0, 0.1) is 5.82 Å². The molecule has 0 atom stereocenters. The fraction of sp³-hybridized carbons (Fsp3) is 0.0769. The van der Waals surface area contributed by atoms with Crippen LogP contribution in [0.5, 0.6) is 0 Å². The number of nitrogens with zero attached hydrogens (tertiary/aromatic N) is 2. The summed E-state index contributed by atoms with van der Waals surface area (Å²) in [7, 11) is 1.68. The van der Waals surface area contributed by atoms with Gasteiger partial charge in [0.05, 0.1) is 11.9 Å². The van der Waals surface area contributed by atoms with Gasteiger partial charge in [0.25, 0.3) is 0 Å². The van der Waals surface area contributed by atoms with Crippen molar-refractivity contribution in [2.45, 2.75) is 0 Å². The molecular weight excluding hydrogens is 235 g/mol. The molecule has 5 heteroatoms. The topological polar surface area (TPSA) is 55.1 Å². The van der Waals surface area contributed by atoms with E-state index in [1.165, 1.54) is 23.0 Å². The number of hydrogen-bond acceptors (Lipinski definition) is 2. The number of aromatic nitrogens is 2. The van der Waals surface area contributed by atoms with Crippen LogP contribution in [0.3, 0.4) is 0 Å². The maximum Gasteiger partial charge on any atom is 0.328 e. The third kappa shape index (κ3) is 2.29. The Kier molecular flexibility index (Phi) is 3.23. The number of carboxylic acids is 1. The largest absolute Gasteiger partial charge is 0.478 e. The van der Waals surface area contributed by atoms with Crippen molar-refractivity contribution in [2.24, 2.45) is 7.05 Å². The smallest absolute Gasteiger partial charge is 0.328 e. The van der Waals surface area contributed by atoms with Crippen LogP contribution in [0.2, 0.25) is 0 Å². The molecule has 2 aromatic rings. The number of rotatable bonds is 3. The molecule has 0 spiro atoms. The van der Waals surface area contributed by atoms with Gasteiger partial charge in [0.1, 0.15) is 5.82 Å². The number of aryl methyl sites for hydroxylation is 1. The van der Waals surface area contributed by atoms with Crippen LogP contribution in [0.25, 0.3) is 17.3 Å². The minimum atomic E-state index is -1.06. The van der Waals surface area contributed by atoms with Crippen molar-refractivity contribution < 1.29 is 14.3 Å². The Morgan fingerprint density at radius 1 is 1.44 bits per heavy atom. The Balaban J connectivity index is 2.54. The zero-order chi connectivity index (χ0) is 13.1. The van der Waals surface area contributed by atoms with Crippen molar-refractivity contribution in [3.63, 3.8) is 0 Å². The molecule has 0 amide bonds. The lowest BCUT2D eigenvalue weighted by Gasteiger charge is -2.05. The van der Waals surface area contributed by atoms with Gasteiger partial charge in [-0.1, -0.05) is 12.1 Å². The van der Waals surface area contributed by atoms with E-state index < -0.39 is 5.97 Å². The Morgan fingerprint density at radius 3 is 2.83 bits per heavy atom. The Morgan fingerprint density at radius 2 is 2.17 bits per heavy atom. The van der Waals surface area contributed by atoms with Gasteiger partial charge >= 0.3 is 5.97 Å². The highest BCUT2D eigenvalue weighted by molar-refractivity contribution is 5.87. The van der Waals surface area contributed by atoms with Crippen LogP contribution in [-0.2, 0) is 11.8 Å². The molecule has 0 aliphatic carbocycles. The second-order valence-corrected chi connectivity index (χ2v) is 3.72. The molecule has 4 nitrogen and oxygen atoms in total. The second-order valence-electron chi connectivity index (χ2n) is 3.72. The first kappa shape index (κ1) is 12.0. The van der Waals surface area contributed by atoms with E-state index in [4.69, 9.17) is 5.11 Å². The van der Waals surface area contributed by atoms with Crippen LogP contribution in [0.1, 0.15) is 5.56 Å². The van der Waals surface area contributed by atoms with Crippen molar-refractivity contribution >= 4 is 12.0 Å². The summed E-state index contributed by atoms with van der Waals surface area (Å²) in [6, 6.07) is 6.30. The first-order valence-corrected chi connectivity index (χ1v) is 5.27. The summed E-state index contributed by atoms with van der Waals surface area (Å²) in [6.45, 7) is 0. The van der Waals surface area contributed by atoms with Crippen LogP contribution < -0.4 is 0 Å². The van der Waals surface area contributed by atoms with Gasteiger partial charge in [-0.15, -0.1) is 0 Å². The van der Waals surface area contributed by atoms with Crippen LogP contribution in [0.4, 0.5) is 4.39 Å². The molecule has 0 aliphatic heterocycles. The summed E-state index contributed by atoms with van der Waals surface area (Å²) in [5.41, 5.74) is 1.50. The molecule has 2 rings (SSSR count). The molecular formula is C13H11FN2O2. The maximum atomic E-state index is 13.7. The lowest BCUT2D eigenvalue weighted by molar-refractivity contribution is -0.131. The van der Waals surface area contributed by atoms with E-state index in [9.17, 15) is 9.18 Å². The molecule has 0 radical (unpaired) electrons. The highest BCUT2D eigenvalue weighted by Crippen LogP contribution is 2.26. The summed E-state index contributed by atoms with van der Waals surface area (Å²) in [5, 5.41) is 12.6. The van der Waals surface area contributed by atoms with Gasteiger partial charge in [-0.3, -0.25) is 4.68 Å². The van der Waals surface area contributed by atoms with Gasteiger partial charge in [-0.05, 0) is 18.2 Å². The molecule has 1 N–H and O–H groups in total. The normalized spacial score (nSPS) is 11.0. The van der Waals surface area contributed by atoms with E-state index in [1.54, 1.807) is 25.2 Å². The van der Waals surface area contributed by atoms with E-state index in [0.717, 1.165) is 6.08 Å². The molecule has 1 heterocycles. The zero-order valence-corrected chi connectivity index (χ0v) is 9.67. The molecule has 1 aromatic heterocycles. The highest BCUT2D eigenvalue weighted by atomic mass is 19.1. The second kappa shape index (κ2) is 4.83. The molecule has 0 saturated heterocycles. The fourth-order valence-electron chi connectivity index (χ4n) is 1.72. The lowest BCUT2D eigenvalue weighted by atomic mass is 10.1. The van der Waals surface area contributed by atoms with E-state index in [2.05, 4.69) is 5.10 Å². The molecule has 18 heavy (non-hydrogen) atoms. The van der Waals surface area contributed by atoms with Gasteiger partial charge in [-0.2, -0.15) is 5.10 Å². The summed E-state index contributed by atoms with van der Waals surface area (Å²) < 4.78 is 15.2. The number of carboxylic acid groups (broad SMARTS) is 1. The van der Waals surface area contributed by atoms with Gasteiger partial charge in [0, 0.05) is 24.3 Å². The van der Waals surface area contributed by atoms with E-state index in [-0.39, 0.29) is 5.82 Å². The molecule has 0 fully saturated rings. The van der Waals surface area contributed by atoms with Gasteiger partial charge in [0.2, 0.25) is 0 Å². The summed E-state index contributed by atoms with van der Waals surface area (Å²) >= 11 is 0. The average Bonchev–Trinajstić information content (AvgIpc) is 2.69. The Labute approximate surface area is 103 Å². The monoisotopic (exact) mass is 246 g/mol. The minimum absolute atomic E-state index is 0.369. The molecule has 0 bridgehead atoms. The van der Waals surface area contributed by atoms with E-state index >= 15 is 0 Å². The molecule has 0 saturated carbocycles. The fourth-order valence-corrected chi connectivity index (χ4v) is 1.72. The summed E-state index contributed by atoms with van der Waals surface area (Å²) in [6.07, 6.45) is 3.90. The number of hydrogen-bond donors (Lipinski definition) is 1. The first-order valence-electron chi connectivity index (χ1n) is 5.27. The van der Waals surface area contributed by atoms with Gasteiger partial charge < -0.3 is 5.11 Å². The van der Waals surface area contributed by atoms with Crippen molar-refractivity contribution in [2.75, 3.05) is 0 Å². The Hall–Kier alpha value is -2.43. The summed E-state index contributed by atoms with van der Waals surface area (Å²) in [4.78, 5) is 10.5. The number of benzene rings is 1. The molecule has 0 unspecified atom stereocenters. The minimum Gasteiger partial charge on any atom is -0.478 e.